The van der Waals surface area contributed by atoms with Crippen molar-refractivity contribution in [2.24, 2.45) is 5.92 Å². The Labute approximate surface area is 135 Å². The zero-order valence-electron chi connectivity index (χ0n) is 13.4. The summed E-state index contributed by atoms with van der Waals surface area (Å²) in [6, 6.07) is 5.63. The summed E-state index contributed by atoms with van der Waals surface area (Å²) >= 11 is 0. The molecule has 0 amide bonds. The Morgan fingerprint density at radius 2 is 2.13 bits per heavy atom. The number of hydrogen-bond donors (Lipinski definition) is 0. The first-order chi connectivity index (χ1) is 10.9. The lowest BCUT2D eigenvalue weighted by molar-refractivity contribution is 0.244. The lowest BCUT2D eigenvalue weighted by Gasteiger charge is -2.31. The van der Waals surface area contributed by atoms with Crippen molar-refractivity contribution in [3.8, 4) is 0 Å². The highest BCUT2D eigenvalue weighted by Gasteiger charge is 2.26. The van der Waals surface area contributed by atoms with Crippen LogP contribution in [-0.2, 0) is 16.6 Å². The first kappa shape index (κ1) is 16.1. The van der Waals surface area contributed by atoms with Gasteiger partial charge in [-0.1, -0.05) is 12.1 Å². The second-order valence-corrected chi connectivity index (χ2v) is 8.28. The van der Waals surface area contributed by atoms with E-state index in [0.29, 0.717) is 30.5 Å². The van der Waals surface area contributed by atoms with Gasteiger partial charge in [-0.3, -0.25) is 9.36 Å². The van der Waals surface area contributed by atoms with E-state index in [0.717, 1.165) is 18.4 Å². The Kier molecular flexibility index (Phi) is 4.25. The van der Waals surface area contributed by atoms with Gasteiger partial charge in [0, 0.05) is 19.6 Å². The summed E-state index contributed by atoms with van der Waals surface area (Å²) in [5.74, 6) is 0.138. The van der Waals surface area contributed by atoms with Crippen LogP contribution in [0.4, 0.5) is 0 Å². The summed E-state index contributed by atoms with van der Waals surface area (Å²) in [5, 5.41) is 0.644. The van der Waals surface area contributed by atoms with Crippen LogP contribution >= 0.6 is 0 Å². The highest BCUT2D eigenvalue weighted by molar-refractivity contribution is 7.88. The number of hydrogen-bond acceptors (Lipinski definition) is 4. The van der Waals surface area contributed by atoms with Gasteiger partial charge in [-0.2, -0.15) is 0 Å². The summed E-state index contributed by atoms with van der Waals surface area (Å²) in [6.45, 7) is 3.44. The van der Waals surface area contributed by atoms with Crippen molar-refractivity contribution < 1.29 is 8.42 Å². The van der Waals surface area contributed by atoms with Crippen molar-refractivity contribution in [3.63, 3.8) is 0 Å². The average molecular weight is 335 g/mol. The molecule has 1 atom stereocenters. The van der Waals surface area contributed by atoms with Gasteiger partial charge in [0.15, 0.2) is 0 Å². The van der Waals surface area contributed by atoms with E-state index in [-0.39, 0.29) is 11.5 Å². The molecule has 1 aliphatic rings. The van der Waals surface area contributed by atoms with Crippen molar-refractivity contribution in [2.75, 3.05) is 19.3 Å². The zero-order valence-corrected chi connectivity index (χ0v) is 14.2. The number of aromatic nitrogens is 2. The molecule has 124 valence electrons. The predicted octanol–water partition coefficient (Wildman–Crippen LogP) is 1.38. The fourth-order valence-corrected chi connectivity index (χ4v) is 4.19. The molecule has 2 heterocycles. The van der Waals surface area contributed by atoms with Gasteiger partial charge in [0.1, 0.15) is 0 Å². The van der Waals surface area contributed by atoms with Gasteiger partial charge in [-0.15, -0.1) is 0 Å². The summed E-state index contributed by atoms with van der Waals surface area (Å²) < 4.78 is 26.6. The topological polar surface area (TPSA) is 72.3 Å². The molecule has 1 aromatic heterocycles. The van der Waals surface area contributed by atoms with Crippen molar-refractivity contribution in [2.45, 2.75) is 26.3 Å². The van der Waals surface area contributed by atoms with Crippen molar-refractivity contribution in [1.82, 2.24) is 13.9 Å². The van der Waals surface area contributed by atoms with Gasteiger partial charge in [-0.05, 0) is 37.3 Å². The molecule has 23 heavy (non-hydrogen) atoms. The molecule has 1 aliphatic heterocycles. The SMILES string of the molecule is Cc1cccc2ncn(CC3CCCN(S(C)(=O)=O)C3)c(=O)c12. The van der Waals surface area contributed by atoms with Crippen LogP contribution in [-0.4, -0.2) is 41.6 Å². The number of sulfonamides is 1. The minimum absolute atomic E-state index is 0.0513. The number of benzene rings is 1. The van der Waals surface area contributed by atoms with Crippen LogP contribution < -0.4 is 5.56 Å². The fourth-order valence-electron chi connectivity index (χ4n) is 3.25. The largest absolute Gasteiger partial charge is 0.298 e. The van der Waals surface area contributed by atoms with Gasteiger partial charge >= 0.3 is 0 Å². The van der Waals surface area contributed by atoms with Crippen LogP contribution in [0.2, 0.25) is 0 Å². The van der Waals surface area contributed by atoms with Crippen molar-refractivity contribution in [1.29, 1.82) is 0 Å². The van der Waals surface area contributed by atoms with Gasteiger partial charge in [0.05, 0.1) is 23.5 Å². The fraction of sp³-hybridized carbons (Fsp3) is 0.500. The zero-order chi connectivity index (χ0) is 16.6. The second-order valence-electron chi connectivity index (χ2n) is 6.30. The molecule has 0 saturated carbocycles. The minimum Gasteiger partial charge on any atom is -0.298 e. The van der Waals surface area contributed by atoms with Gasteiger partial charge in [0.25, 0.3) is 5.56 Å². The van der Waals surface area contributed by atoms with E-state index >= 15 is 0 Å². The van der Waals surface area contributed by atoms with Crippen LogP contribution in [0, 0.1) is 12.8 Å². The van der Waals surface area contributed by atoms with E-state index in [1.54, 1.807) is 10.9 Å². The molecule has 6 nitrogen and oxygen atoms in total. The van der Waals surface area contributed by atoms with Crippen LogP contribution in [0.1, 0.15) is 18.4 Å². The molecule has 7 heteroatoms. The molecule has 3 rings (SSSR count). The van der Waals surface area contributed by atoms with E-state index < -0.39 is 10.0 Å². The summed E-state index contributed by atoms with van der Waals surface area (Å²) in [5.41, 5.74) is 1.56. The molecule has 0 bridgehead atoms. The molecule has 1 aromatic carbocycles. The normalized spacial score (nSPS) is 20.0. The molecular formula is C16H21N3O3S. The lowest BCUT2D eigenvalue weighted by Crippen LogP contribution is -2.41. The van der Waals surface area contributed by atoms with Crippen molar-refractivity contribution >= 4 is 20.9 Å². The average Bonchev–Trinajstić information content (AvgIpc) is 2.50. The molecule has 1 unspecified atom stereocenters. The maximum Gasteiger partial charge on any atom is 0.261 e. The Bertz CT molecular complexity index is 889. The second kappa shape index (κ2) is 6.05. The maximum absolute atomic E-state index is 12.7. The Morgan fingerprint density at radius 3 is 2.87 bits per heavy atom. The third-order valence-corrected chi connectivity index (χ3v) is 5.74. The minimum atomic E-state index is -3.17. The molecule has 0 N–H and O–H groups in total. The molecule has 1 saturated heterocycles. The van der Waals surface area contributed by atoms with E-state index in [1.807, 2.05) is 25.1 Å². The van der Waals surface area contributed by atoms with Crippen LogP contribution in [0.15, 0.2) is 29.3 Å². The Hall–Kier alpha value is -1.73. The van der Waals surface area contributed by atoms with Gasteiger partial charge < -0.3 is 0 Å². The van der Waals surface area contributed by atoms with Crippen molar-refractivity contribution in [3.05, 3.63) is 40.4 Å². The highest BCUT2D eigenvalue weighted by atomic mass is 32.2. The lowest BCUT2D eigenvalue weighted by atomic mass is 9.99. The molecular weight excluding hydrogens is 314 g/mol. The Balaban J connectivity index is 1.89. The highest BCUT2D eigenvalue weighted by Crippen LogP contribution is 2.20. The van der Waals surface area contributed by atoms with Crippen LogP contribution in [0.25, 0.3) is 10.9 Å². The number of piperidine rings is 1. The maximum atomic E-state index is 12.7. The van der Waals surface area contributed by atoms with E-state index in [1.165, 1.54) is 10.6 Å². The van der Waals surface area contributed by atoms with Crippen LogP contribution in [0.5, 0.6) is 0 Å². The summed E-state index contributed by atoms with van der Waals surface area (Å²) in [6.07, 6.45) is 4.56. The molecule has 0 spiro atoms. The number of fused-ring (bicyclic) bond motifs is 1. The monoisotopic (exact) mass is 335 g/mol. The summed E-state index contributed by atoms with van der Waals surface area (Å²) in [4.78, 5) is 17.1. The smallest absolute Gasteiger partial charge is 0.261 e. The quantitative estimate of drug-likeness (QED) is 0.849. The van der Waals surface area contributed by atoms with Gasteiger partial charge in [0.2, 0.25) is 10.0 Å². The molecule has 1 fully saturated rings. The third-order valence-electron chi connectivity index (χ3n) is 4.47. The molecule has 2 aromatic rings. The number of aryl methyl sites for hydroxylation is 1. The summed E-state index contributed by atoms with van der Waals surface area (Å²) in [7, 11) is -3.17. The first-order valence-corrected chi connectivity index (χ1v) is 9.61. The van der Waals surface area contributed by atoms with E-state index in [2.05, 4.69) is 4.98 Å². The van der Waals surface area contributed by atoms with Gasteiger partial charge in [-0.25, -0.2) is 17.7 Å². The Morgan fingerprint density at radius 1 is 1.35 bits per heavy atom. The number of nitrogens with zero attached hydrogens (tertiary/aromatic N) is 3. The predicted molar refractivity (Wildman–Crippen MR) is 89.9 cm³/mol. The number of rotatable bonds is 3. The third kappa shape index (κ3) is 3.30. The molecule has 0 aliphatic carbocycles. The molecule has 0 radical (unpaired) electrons. The van der Waals surface area contributed by atoms with E-state index in [9.17, 15) is 13.2 Å². The van der Waals surface area contributed by atoms with E-state index in [4.69, 9.17) is 0 Å². The standard InChI is InChI=1S/C16H21N3O3S/c1-12-5-3-7-14-15(12)16(20)18(11-17-14)9-13-6-4-8-19(10-13)23(2,21)22/h3,5,7,11,13H,4,6,8-10H2,1-2H3. The first-order valence-electron chi connectivity index (χ1n) is 7.76. The van der Waals surface area contributed by atoms with Crippen LogP contribution in [0.3, 0.4) is 0 Å².